The highest BCUT2D eigenvalue weighted by Gasteiger charge is 1.94. The fourth-order valence-corrected chi connectivity index (χ4v) is 1.35. The summed E-state index contributed by atoms with van der Waals surface area (Å²) < 4.78 is 0. The smallest absolute Gasteiger partial charge is 0.114 e. The van der Waals surface area contributed by atoms with Crippen molar-refractivity contribution < 1.29 is 5.21 Å². The van der Waals surface area contributed by atoms with Crippen LogP contribution in [0.2, 0.25) is 0 Å². The van der Waals surface area contributed by atoms with Crippen molar-refractivity contribution in [2.24, 2.45) is 5.16 Å². The largest absolute Gasteiger partial charge is 0.410 e. The summed E-state index contributed by atoms with van der Waals surface area (Å²) in [5.41, 5.74) is 0. The van der Waals surface area contributed by atoms with Gasteiger partial charge in [0.2, 0.25) is 0 Å². The molecule has 0 aliphatic heterocycles. The van der Waals surface area contributed by atoms with Crippen molar-refractivity contribution in [2.75, 3.05) is 0 Å². The summed E-state index contributed by atoms with van der Waals surface area (Å²) >= 11 is 1.44. The predicted molar refractivity (Wildman–Crippen MR) is 47.2 cm³/mol. The van der Waals surface area contributed by atoms with E-state index in [4.69, 9.17) is 5.21 Å². The first-order valence-electron chi connectivity index (χ1n) is 3.24. The van der Waals surface area contributed by atoms with Gasteiger partial charge >= 0.3 is 0 Å². The van der Waals surface area contributed by atoms with Gasteiger partial charge in [-0.3, -0.25) is 0 Å². The molecule has 1 aromatic carbocycles. The molecule has 0 amide bonds. The monoisotopic (exact) mass is 167 g/mol. The maximum absolute atomic E-state index is 8.36. The minimum Gasteiger partial charge on any atom is -0.410 e. The molecular formula is C8H9NOS. The second kappa shape index (κ2) is 4.03. The fraction of sp³-hybridized carbons (Fsp3) is 0.125. The maximum atomic E-state index is 8.36. The quantitative estimate of drug-likeness (QED) is 0.229. The van der Waals surface area contributed by atoms with E-state index in [-0.39, 0.29) is 0 Å². The van der Waals surface area contributed by atoms with Crippen LogP contribution < -0.4 is 0 Å². The van der Waals surface area contributed by atoms with Crippen LogP contribution in [0.4, 0.5) is 0 Å². The average Bonchev–Trinajstić information content (AvgIpc) is 2.06. The van der Waals surface area contributed by atoms with Gasteiger partial charge in [-0.05, 0) is 19.1 Å². The Morgan fingerprint density at radius 3 is 2.55 bits per heavy atom. The number of nitrogens with zero attached hydrogens (tertiary/aromatic N) is 1. The molecule has 0 unspecified atom stereocenters. The molecule has 11 heavy (non-hydrogen) atoms. The highest BCUT2D eigenvalue weighted by Crippen LogP contribution is 2.17. The van der Waals surface area contributed by atoms with Gasteiger partial charge in [0.05, 0.1) is 0 Å². The van der Waals surface area contributed by atoms with Crippen molar-refractivity contribution in [1.82, 2.24) is 0 Å². The number of benzene rings is 1. The van der Waals surface area contributed by atoms with Gasteiger partial charge in [-0.15, -0.1) is 0 Å². The SMILES string of the molecule is CC(=NO)Sc1ccccc1. The summed E-state index contributed by atoms with van der Waals surface area (Å²) in [6.45, 7) is 1.76. The molecule has 1 aromatic rings. The Hall–Kier alpha value is -0.960. The summed E-state index contributed by atoms with van der Waals surface area (Å²) in [5, 5.41) is 12.1. The summed E-state index contributed by atoms with van der Waals surface area (Å²) in [5.74, 6) is 0. The van der Waals surface area contributed by atoms with Gasteiger partial charge in [-0.1, -0.05) is 35.1 Å². The fourth-order valence-electron chi connectivity index (χ4n) is 0.680. The molecule has 58 valence electrons. The first-order chi connectivity index (χ1) is 5.33. The standard InChI is InChI=1S/C8H9NOS/c1-7(9-10)11-8-5-3-2-4-6-8/h2-6,10H,1H3. The van der Waals surface area contributed by atoms with E-state index in [0.717, 1.165) is 4.90 Å². The van der Waals surface area contributed by atoms with Gasteiger partial charge in [0, 0.05) is 4.90 Å². The molecule has 0 radical (unpaired) electrons. The molecule has 0 fully saturated rings. The normalized spacial score (nSPS) is 11.5. The molecule has 1 N–H and O–H groups in total. The van der Waals surface area contributed by atoms with Gasteiger partial charge in [0.25, 0.3) is 0 Å². The van der Waals surface area contributed by atoms with Gasteiger partial charge in [-0.25, -0.2) is 0 Å². The molecule has 0 bridgehead atoms. The van der Waals surface area contributed by atoms with E-state index in [0.29, 0.717) is 5.04 Å². The van der Waals surface area contributed by atoms with E-state index in [1.165, 1.54) is 11.8 Å². The molecule has 0 saturated carbocycles. The number of hydrogen-bond donors (Lipinski definition) is 1. The lowest BCUT2D eigenvalue weighted by Gasteiger charge is -1.96. The van der Waals surface area contributed by atoms with Crippen LogP contribution in [0.25, 0.3) is 0 Å². The molecule has 0 atom stereocenters. The second-order valence-corrected chi connectivity index (χ2v) is 3.30. The molecule has 1 rings (SSSR count). The number of thioether (sulfide) groups is 1. The Bertz CT molecular complexity index is 246. The summed E-state index contributed by atoms with van der Waals surface area (Å²) in [6, 6.07) is 9.80. The van der Waals surface area contributed by atoms with Crippen LogP contribution in [0.1, 0.15) is 6.92 Å². The topological polar surface area (TPSA) is 32.6 Å². The molecule has 0 aromatic heterocycles. The van der Waals surface area contributed by atoms with Crippen LogP contribution in [0, 0.1) is 0 Å². The van der Waals surface area contributed by atoms with Crippen molar-refractivity contribution in [3.8, 4) is 0 Å². The van der Waals surface area contributed by atoms with E-state index in [1.807, 2.05) is 30.3 Å². The molecule has 3 heteroatoms. The lowest BCUT2D eigenvalue weighted by Crippen LogP contribution is -1.81. The highest BCUT2D eigenvalue weighted by atomic mass is 32.2. The molecule has 2 nitrogen and oxygen atoms in total. The number of rotatable bonds is 1. The molecule has 0 saturated heterocycles. The second-order valence-electron chi connectivity index (χ2n) is 2.03. The third-order valence-electron chi connectivity index (χ3n) is 1.15. The van der Waals surface area contributed by atoms with Crippen LogP contribution in [0.3, 0.4) is 0 Å². The molecule has 0 aliphatic carbocycles. The Morgan fingerprint density at radius 2 is 2.00 bits per heavy atom. The Balaban J connectivity index is 2.65. The Morgan fingerprint density at radius 1 is 1.36 bits per heavy atom. The third-order valence-corrected chi connectivity index (χ3v) is 2.03. The van der Waals surface area contributed by atoms with Gasteiger partial charge in [0.1, 0.15) is 5.04 Å². The van der Waals surface area contributed by atoms with Crippen LogP contribution in [-0.2, 0) is 0 Å². The minimum absolute atomic E-state index is 0.649. The van der Waals surface area contributed by atoms with Gasteiger partial charge in [-0.2, -0.15) is 0 Å². The van der Waals surface area contributed by atoms with Crippen LogP contribution >= 0.6 is 11.8 Å². The Labute approximate surface area is 69.9 Å². The molecular weight excluding hydrogens is 158 g/mol. The number of oxime groups is 1. The first-order valence-corrected chi connectivity index (χ1v) is 4.06. The van der Waals surface area contributed by atoms with Crippen molar-refractivity contribution in [1.29, 1.82) is 0 Å². The van der Waals surface area contributed by atoms with E-state index in [2.05, 4.69) is 5.16 Å². The highest BCUT2D eigenvalue weighted by molar-refractivity contribution is 8.13. The zero-order valence-corrected chi connectivity index (χ0v) is 7.01. The Kier molecular flexibility index (Phi) is 2.98. The summed E-state index contributed by atoms with van der Waals surface area (Å²) in [7, 11) is 0. The van der Waals surface area contributed by atoms with Gasteiger partial charge < -0.3 is 5.21 Å². The molecule has 0 aliphatic rings. The van der Waals surface area contributed by atoms with Crippen LogP contribution in [0.5, 0.6) is 0 Å². The van der Waals surface area contributed by atoms with Crippen LogP contribution in [0.15, 0.2) is 40.4 Å². The van der Waals surface area contributed by atoms with Crippen molar-refractivity contribution in [3.05, 3.63) is 30.3 Å². The summed E-state index contributed by atoms with van der Waals surface area (Å²) in [4.78, 5) is 1.09. The van der Waals surface area contributed by atoms with E-state index in [9.17, 15) is 0 Å². The average molecular weight is 167 g/mol. The minimum atomic E-state index is 0.649. The van der Waals surface area contributed by atoms with Crippen molar-refractivity contribution >= 4 is 16.8 Å². The van der Waals surface area contributed by atoms with Crippen molar-refractivity contribution in [3.63, 3.8) is 0 Å². The maximum Gasteiger partial charge on any atom is 0.114 e. The zero-order chi connectivity index (χ0) is 8.10. The summed E-state index contributed by atoms with van der Waals surface area (Å²) in [6.07, 6.45) is 0. The van der Waals surface area contributed by atoms with Gasteiger partial charge in [0.15, 0.2) is 0 Å². The van der Waals surface area contributed by atoms with E-state index in [1.54, 1.807) is 6.92 Å². The van der Waals surface area contributed by atoms with E-state index >= 15 is 0 Å². The number of hydrogen-bond acceptors (Lipinski definition) is 3. The molecule has 0 heterocycles. The van der Waals surface area contributed by atoms with E-state index < -0.39 is 0 Å². The van der Waals surface area contributed by atoms with Crippen molar-refractivity contribution in [2.45, 2.75) is 11.8 Å². The lowest BCUT2D eigenvalue weighted by molar-refractivity contribution is 0.320. The first kappa shape index (κ1) is 8.14. The van der Waals surface area contributed by atoms with Crippen LogP contribution in [-0.4, -0.2) is 10.3 Å². The predicted octanol–water partition coefficient (Wildman–Crippen LogP) is 2.59. The zero-order valence-electron chi connectivity index (χ0n) is 6.19. The third kappa shape index (κ3) is 2.63. The molecule has 0 spiro atoms. The lowest BCUT2D eigenvalue weighted by atomic mass is 10.4.